The molecule has 3 N–H and O–H groups in total. The fraction of sp³-hybridized carbons (Fsp3) is 0.955. The van der Waals surface area contributed by atoms with Crippen molar-refractivity contribution in [1.29, 1.82) is 0 Å². The van der Waals surface area contributed by atoms with E-state index in [-0.39, 0.29) is 25.7 Å². The maximum Gasteiger partial charge on any atom is 0.472 e. The van der Waals surface area contributed by atoms with Crippen molar-refractivity contribution in [3.8, 4) is 0 Å². The summed E-state index contributed by atoms with van der Waals surface area (Å²) >= 11 is 0. The lowest BCUT2D eigenvalue weighted by molar-refractivity contribution is -0.161. The molecule has 0 aliphatic carbocycles. The van der Waals surface area contributed by atoms with Gasteiger partial charge in [0.15, 0.2) is 12.2 Å². The van der Waals surface area contributed by atoms with Crippen LogP contribution in [0.4, 0.5) is 0 Å². The molecular weight excluding hydrogens is 1400 g/mol. The molecule has 0 amide bonds. The number of hydrogen-bond donors (Lipinski definition) is 3. The predicted molar refractivity (Wildman–Crippen MR) is 446 cm³/mol. The lowest BCUT2D eigenvalue weighted by Crippen LogP contribution is -2.30. The van der Waals surface area contributed by atoms with Gasteiger partial charge < -0.3 is 33.8 Å². The monoisotopic (exact) mass is 1580 g/mol. The Morgan fingerprint density at radius 1 is 0.250 bits per heavy atom. The van der Waals surface area contributed by atoms with Gasteiger partial charge in [-0.1, -0.05) is 433 Å². The molecule has 0 heterocycles. The fourth-order valence-electron chi connectivity index (χ4n) is 14.0. The number of carbonyl (C=O) groups excluding carboxylic acids is 4. The smallest absolute Gasteiger partial charge is 0.462 e. The van der Waals surface area contributed by atoms with Gasteiger partial charge in [0, 0.05) is 25.7 Å². The first-order chi connectivity index (χ1) is 52.5. The maximum absolute atomic E-state index is 13.2. The summed E-state index contributed by atoms with van der Waals surface area (Å²) in [5.41, 5.74) is 0. The van der Waals surface area contributed by atoms with E-state index in [0.29, 0.717) is 25.7 Å². The molecule has 0 saturated heterocycles. The van der Waals surface area contributed by atoms with E-state index in [4.69, 9.17) is 37.0 Å². The average Bonchev–Trinajstić information content (AvgIpc) is 0.900. The molecule has 0 rings (SSSR count). The molecule has 0 aromatic carbocycles. The van der Waals surface area contributed by atoms with Crippen molar-refractivity contribution < 1.29 is 80.2 Å². The molecule has 0 radical (unpaired) electrons. The van der Waals surface area contributed by atoms with Crippen LogP contribution in [-0.4, -0.2) is 96.7 Å². The second-order valence-electron chi connectivity index (χ2n) is 32.5. The Morgan fingerprint density at radius 3 is 0.630 bits per heavy atom. The third-order valence-corrected chi connectivity index (χ3v) is 22.9. The summed E-state index contributed by atoms with van der Waals surface area (Å²) in [4.78, 5) is 73.3. The van der Waals surface area contributed by atoms with E-state index < -0.39 is 97.5 Å². The van der Waals surface area contributed by atoms with Crippen LogP contribution < -0.4 is 0 Å². The van der Waals surface area contributed by atoms with Crippen LogP contribution in [-0.2, 0) is 65.4 Å². The Labute approximate surface area is 664 Å². The standard InChI is InChI=1S/C89H174O17P2/c1-6-9-12-15-18-21-24-26-28-30-32-33-34-35-37-41-46-50-55-60-65-70-75-89(94)106-85(79-100-87(92)73-68-63-58-53-48-44-42-38-39-43-47-51-56-61-66-71-82(4)5)81-104-108(97,98)102-77-83(90)76-101-107(95,96)103-80-84(78-99-86(91)72-67-62-57-52-23-20-17-14-11-8-3)105-88(93)74-69-64-59-54-49-45-40-36-31-29-27-25-22-19-16-13-10-7-2/h82-85,90H,6-81H2,1-5H3,(H,95,96)(H,97,98)/t83-,84+,85+/m0/s1. The number of esters is 4. The van der Waals surface area contributed by atoms with Gasteiger partial charge in [0.05, 0.1) is 26.4 Å². The molecule has 0 bridgehead atoms. The first-order valence-corrected chi connectivity index (χ1v) is 49.1. The SMILES string of the molecule is CCCCCCCCCCCCCCCCCCCCCCCCC(=O)O[C@H](COC(=O)CCCCCCCCCCCCCCCCCC(C)C)COP(=O)(O)OC[C@@H](O)COP(=O)(O)OC[C@@H](COC(=O)CCCCCCCCCCCC)OC(=O)CCCCCCCCCCCCCCCCCCCC. The number of ether oxygens (including phenoxy) is 4. The summed E-state index contributed by atoms with van der Waals surface area (Å²) in [5, 5.41) is 10.7. The summed E-state index contributed by atoms with van der Waals surface area (Å²) < 4.78 is 69.0. The summed E-state index contributed by atoms with van der Waals surface area (Å²) in [5.74, 6) is -1.29. The summed E-state index contributed by atoms with van der Waals surface area (Å²) in [6.07, 6.45) is 76.5. The van der Waals surface area contributed by atoms with Crippen LogP contribution in [0.5, 0.6) is 0 Å². The molecule has 5 atom stereocenters. The zero-order chi connectivity index (χ0) is 79.0. The highest BCUT2D eigenvalue weighted by molar-refractivity contribution is 7.47. The Kier molecular flexibility index (Phi) is 80.2. The number of aliphatic hydroxyl groups is 1. The lowest BCUT2D eigenvalue weighted by Gasteiger charge is -2.21. The largest absolute Gasteiger partial charge is 0.472 e. The number of unbranched alkanes of at least 4 members (excludes halogenated alkanes) is 61. The van der Waals surface area contributed by atoms with Crippen LogP contribution in [0.15, 0.2) is 0 Å². The molecule has 0 spiro atoms. The number of rotatable bonds is 89. The van der Waals surface area contributed by atoms with E-state index in [9.17, 15) is 43.2 Å². The molecule has 19 heteroatoms. The van der Waals surface area contributed by atoms with Crippen molar-refractivity contribution in [2.75, 3.05) is 39.6 Å². The maximum atomic E-state index is 13.2. The number of phosphoric ester groups is 2. The van der Waals surface area contributed by atoms with Gasteiger partial charge in [-0.25, -0.2) is 9.13 Å². The van der Waals surface area contributed by atoms with Crippen LogP contribution in [0.25, 0.3) is 0 Å². The van der Waals surface area contributed by atoms with Gasteiger partial charge in [0.25, 0.3) is 0 Å². The second kappa shape index (κ2) is 81.6. The van der Waals surface area contributed by atoms with Crippen LogP contribution in [0.3, 0.4) is 0 Å². The van der Waals surface area contributed by atoms with Crippen molar-refractivity contribution in [1.82, 2.24) is 0 Å². The van der Waals surface area contributed by atoms with Crippen molar-refractivity contribution >= 4 is 39.5 Å². The molecule has 0 saturated carbocycles. The Bertz CT molecular complexity index is 2050. The van der Waals surface area contributed by atoms with E-state index in [1.54, 1.807) is 0 Å². The minimum Gasteiger partial charge on any atom is -0.462 e. The number of carbonyl (C=O) groups is 4. The van der Waals surface area contributed by atoms with Crippen LogP contribution in [0, 0.1) is 5.92 Å². The molecule has 108 heavy (non-hydrogen) atoms. The van der Waals surface area contributed by atoms with Crippen molar-refractivity contribution in [3.05, 3.63) is 0 Å². The number of aliphatic hydroxyl groups excluding tert-OH is 1. The van der Waals surface area contributed by atoms with Gasteiger partial charge in [-0.15, -0.1) is 0 Å². The third kappa shape index (κ3) is 82.1. The zero-order valence-electron chi connectivity index (χ0n) is 71.0. The van der Waals surface area contributed by atoms with Gasteiger partial charge in [0.2, 0.25) is 0 Å². The minimum atomic E-state index is -4.97. The van der Waals surface area contributed by atoms with E-state index in [1.807, 2.05) is 0 Å². The molecule has 2 unspecified atom stereocenters. The average molecular weight is 1580 g/mol. The first-order valence-electron chi connectivity index (χ1n) is 46.1. The minimum absolute atomic E-state index is 0.109. The normalized spacial score (nSPS) is 13.7. The van der Waals surface area contributed by atoms with Gasteiger partial charge in [0.1, 0.15) is 19.3 Å². The Hall–Kier alpha value is -1.94. The first kappa shape index (κ1) is 106. The van der Waals surface area contributed by atoms with E-state index >= 15 is 0 Å². The Morgan fingerprint density at radius 2 is 0.426 bits per heavy atom. The summed E-state index contributed by atoms with van der Waals surface area (Å²) in [6.45, 7) is 7.40. The molecule has 0 aromatic rings. The molecule has 642 valence electrons. The van der Waals surface area contributed by atoms with Gasteiger partial charge in [-0.3, -0.25) is 37.3 Å². The number of phosphoric acid groups is 2. The summed E-state index contributed by atoms with van der Waals surface area (Å²) in [6, 6.07) is 0. The van der Waals surface area contributed by atoms with Crippen LogP contribution in [0.1, 0.15) is 484 Å². The quantitative estimate of drug-likeness (QED) is 0.0222. The third-order valence-electron chi connectivity index (χ3n) is 21.0. The molecule has 0 aliphatic rings. The van der Waals surface area contributed by atoms with Crippen molar-refractivity contribution in [2.24, 2.45) is 5.92 Å². The second-order valence-corrected chi connectivity index (χ2v) is 35.4. The van der Waals surface area contributed by atoms with Crippen molar-refractivity contribution in [2.45, 2.75) is 502 Å². The zero-order valence-corrected chi connectivity index (χ0v) is 72.8. The molecule has 17 nitrogen and oxygen atoms in total. The van der Waals surface area contributed by atoms with Crippen LogP contribution in [0.2, 0.25) is 0 Å². The highest BCUT2D eigenvalue weighted by atomic mass is 31.2. The molecule has 0 fully saturated rings. The fourth-order valence-corrected chi connectivity index (χ4v) is 15.6. The van der Waals surface area contributed by atoms with Gasteiger partial charge >= 0.3 is 39.5 Å². The van der Waals surface area contributed by atoms with Crippen molar-refractivity contribution in [3.63, 3.8) is 0 Å². The number of hydrogen-bond acceptors (Lipinski definition) is 15. The lowest BCUT2D eigenvalue weighted by atomic mass is 10.0. The molecular formula is C89H174O17P2. The molecule has 0 aliphatic heterocycles. The Balaban J connectivity index is 5.21. The van der Waals surface area contributed by atoms with Gasteiger partial charge in [-0.2, -0.15) is 0 Å². The highest BCUT2D eigenvalue weighted by Crippen LogP contribution is 2.45. The van der Waals surface area contributed by atoms with E-state index in [1.165, 1.54) is 308 Å². The summed E-state index contributed by atoms with van der Waals surface area (Å²) in [7, 11) is -9.93. The van der Waals surface area contributed by atoms with Gasteiger partial charge in [-0.05, 0) is 31.6 Å². The van der Waals surface area contributed by atoms with E-state index in [0.717, 1.165) is 95.8 Å². The topological polar surface area (TPSA) is 237 Å². The van der Waals surface area contributed by atoms with Crippen LogP contribution >= 0.6 is 15.6 Å². The highest BCUT2D eigenvalue weighted by Gasteiger charge is 2.30. The van der Waals surface area contributed by atoms with E-state index in [2.05, 4.69) is 34.6 Å². The molecule has 0 aromatic heterocycles. The predicted octanol–water partition coefficient (Wildman–Crippen LogP) is 27.5.